The summed E-state index contributed by atoms with van der Waals surface area (Å²) in [6.07, 6.45) is 10.2. The normalized spacial score (nSPS) is 29.8. The molecule has 0 radical (unpaired) electrons. The van der Waals surface area contributed by atoms with Gasteiger partial charge in [-0.05, 0) is 98.2 Å². The van der Waals surface area contributed by atoms with Crippen molar-refractivity contribution in [2.24, 2.45) is 11.8 Å². The van der Waals surface area contributed by atoms with Crippen LogP contribution in [0.5, 0.6) is 5.75 Å². The molecule has 1 aromatic heterocycles. The van der Waals surface area contributed by atoms with Crippen molar-refractivity contribution < 1.29 is 27.5 Å². The summed E-state index contributed by atoms with van der Waals surface area (Å²) in [4.78, 5) is 20.0. The molecular formula is C35H40ClN3O6S. The molecule has 2 aliphatic heterocycles. The minimum atomic E-state index is -4.10. The summed E-state index contributed by atoms with van der Waals surface area (Å²) >= 11 is 6.40. The van der Waals surface area contributed by atoms with Crippen LogP contribution in [0.3, 0.4) is 0 Å². The predicted molar refractivity (Wildman–Crippen MR) is 176 cm³/mol. The number of aliphatic hydroxyl groups is 1. The van der Waals surface area contributed by atoms with Crippen LogP contribution in [0.4, 0.5) is 5.69 Å². The number of ether oxygens (including phenoxy) is 1. The van der Waals surface area contributed by atoms with E-state index in [0.717, 1.165) is 42.8 Å². The maximum absolute atomic E-state index is 13.7. The summed E-state index contributed by atoms with van der Waals surface area (Å²) < 4.78 is 41.8. The number of sulfonamides is 1. The second-order valence-corrected chi connectivity index (χ2v) is 15.8. The lowest BCUT2D eigenvalue weighted by Crippen LogP contribution is -2.49. The van der Waals surface area contributed by atoms with Gasteiger partial charge in [0.1, 0.15) is 11.5 Å². The van der Waals surface area contributed by atoms with E-state index in [0.29, 0.717) is 43.5 Å². The van der Waals surface area contributed by atoms with Gasteiger partial charge in [0, 0.05) is 42.4 Å². The van der Waals surface area contributed by atoms with Crippen molar-refractivity contribution in [3.05, 3.63) is 88.1 Å². The number of carbonyl (C=O) groups excluding carboxylic acids is 1. The molecule has 2 aliphatic carbocycles. The summed E-state index contributed by atoms with van der Waals surface area (Å²) in [5.74, 6) is 1.21. The number of aryl methyl sites for hydroxylation is 2. The average Bonchev–Trinajstić information content (AvgIpc) is 3.35. The third kappa shape index (κ3) is 6.07. The minimum Gasteiger partial charge on any atom is -0.490 e. The van der Waals surface area contributed by atoms with Gasteiger partial charge in [0.05, 0.1) is 29.8 Å². The summed E-state index contributed by atoms with van der Waals surface area (Å²) in [7, 11) is -4.10. The minimum absolute atomic E-state index is 0.0745. The van der Waals surface area contributed by atoms with E-state index >= 15 is 0 Å². The van der Waals surface area contributed by atoms with Gasteiger partial charge in [-0.15, -0.1) is 0 Å². The van der Waals surface area contributed by atoms with Crippen LogP contribution in [0.2, 0.25) is 5.02 Å². The number of aromatic nitrogens is 1. The van der Waals surface area contributed by atoms with E-state index in [2.05, 4.69) is 26.7 Å². The van der Waals surface area contributed by atoms with E-state index in [1.807, 2.05) is 18.2 Å². The number of benzene rings is 2. The van der Waals surface area contributed by atoms with Crippen LogP contribution in [0, 0.1) is 18.8 Å². The fourth-order valence-corrected chi connectivity index (χ4v) is 9.40. The molecule has 3 aromatic rings. The fraction of sp³-hybridized carbons (Fsp3) is 0.486. The molecule has 7 rings (SSSR count). The second-order valence-electron chi connectivity index (χ2n) is 13.4. The lowest BCUT2D eigenvalue weighted by Gasteiger charge is -2.45. The van der Waals surface area contributed by atoms with Gasteiger partial charge in [-0.1, -0.05) is 29.8 Å². The van der Waals surface area contributed by atoms with Crippen molar-refractivity contribution in [3.8, 4) is 5.75 Å². The third-order valence-corrected chi connectivity index (χ3v) is 12.4. The van der Waals surface area contributed by atoms with Gasteiger partial charge >= 0.3 is 0 Å². The van der Waals surface area contributed by atoms with Gasteiger partial charge in [-0.2, -0.15) is 0 Å². The largest absolute Gasteiger partial charge is 0.490 e. The zero-order chi connectivity index (χ0) is 32.1. The van der Waals surface area contributed by atoms with E-state index in [9.17, 15) is 18.3 Å². The average molecular weight is 666 g/mol. The number of hydrogen-bond donors (Lipinski definition) is 2. The standard InChI is InChI=1S/C35H40ClN3O6S/c1-22-37-18-27(45-22)17-28-6-2-3-7-32(40)29-11-8-25(29)19-39-20-35(14-4-5-23-15-26(36)10-12-30(23)35)21-44-33-13-9-24(16-31(33)39)34(41)38-46(28,42)43/h3,7,9-10,12-13,15-16,18,25,28-29,32,40H,2,4-6,8,11,14,17,19-21H2,1H3,(H,38,41)/b7-3+/t25-,28+,29+,32-,35-/m0/s1. The first-order chi connectivity index (χ1) is 22.1. The molecule has 1 amide bonds. The van der Waals surface area contributed by atoms with Crippen molar-refractivity contribution in [2.75, 3.05) is 24.6 Å². The summed E-state index contributed by atoms with van der Waals surface area (Å²) in [6.45, 7) is 3.55. The molecule has 3 heterocycles. The molecule has 1 spiro atoms. The molecule has 2 bridgehead atoms. The number of anilines is 1. The van der Waals surface area contributed by atoms with Crippen molar-refractivity contribution in [1.82, 2.24) is 9.71 Å². The van der Waals surface area contributed by atoms with Gasteiger partial charge in [0.2, 0.25) is 10.0 Å². The van der Waals surface area contributed by atoms with Crippen LogP contribution < -0.4 is 14.4 Å². The topological polar surface area (TPSA) is 122 Å². The van der Waals surface area contributed by atoms with E-state index in [1.165, 1.54) is 17.3 Å². The first-order valence-electron chi connectivity index (χ1n) is 16.2. The van der Waals surface area contributed by atoms with Crippen LogP contribution >= 0.6 is 11.6 Å². The summed E-state index contributed by atoms with van der Waals surface area (Å²) in [6, 6.07) is 11.3. The zero-order valence-corrected chi connectivity index (χ0v) is 27.5. The van der Waals surface area contributed by atoms with E-state index in [-0.39, 0.29) is 35.7 Å². The van der Waals surface area contributed by atoms with Crippen molar-refractivity contribution >= 4 is 33.2 Å². The number of amides is 1. The number of oxazole rings is 1. The maximum Gasteiger partial charge on any atom is 0.264 e. The number of carbonyl (C=O) groups is 1. The number of fused-ring (bicyclic) bond motifs is 4. The Morgan fingerprint density at radius 3 is 2.83 bits per heavy atom. The molecule has 2 aromatic carbocycles. The van der Waals surface area contributed by atoms with Gasteiger partial charge in [0.15, 0.2) is 5.89 Å². The van der Waals surface area contributed by atoms with Crippen LogP contribution in [-0.4, -0.2) is 55.5 Å². The summed E-state index contributed by atoms with van der Waals surface area (Å²) in [5.41, 5.74) is 3.21. The molecule has 9 nitrogen and oxygen atoms in total. The molecule has 5 atom stereocenters. The summed E-state index contributed by atoms with van der Waals surface area (Å²) in [5, 5.41) is 11.0. The van der Waals surface area contributed by atoms with Crippen LogP contribution in [0.15, 0.2) is 59.2 Å². The molecule has 0 saturated heterocycles. The first kappa shape index (κ1) is 31.3. The van der Waals surface area contributed by atoms with E-state index in [4.69, 9.17) is 20.8 Å². The van der Waals surface area contributed by atoms with Gasteiger partial charge in [0.25, 0.3) is 5.91 Å². The number of aliphatic hydroxyl groups excluding tert-OH is 1. The van der Waals surface area contributed by atoms with Crippen molar-refractivity contribution in [1.29, 1.82) is 0 Å². The number of nitrogens with one attached hydrogen (secondary N) is 1. The molecule has 0 unspecified atom stereocenters. The fourth-order valence-electron chi connectivity index (χ4n) is 7.83. The van der Waals surface area contributed by atoms with E-state index in [1.54, 1.807) is 25.1 Å². The lowest BCUT2D eigenvalue weighted by atomic mass is 9.68. The van der Waals surface area contributed by atoms with Crippen LogP contribution in [-0.2, 0) is 28.3 Å². The van der Waals surface area contributed by atoms with E-state index < -0.39 is 27.3 Å². The Bertz CT molecular complexity index is 1770. The zero-order valence-electron chi connectivity index (χ0n) is 26.0. The molecule has 46 heavy (non-hydrogen) atoms. The smallest absolute Gasteiger partial charge is 0.264 e. The maximum atomic E-state index is 13.7. The van der Waals surface area contributed by atoms with Crippen LogP contribution in [0.1, 0.15) is 71.7 Å². The molecule has 244 valence electrons. The number of rotatable bonds is 2. The monoisotopic (exact) mass is 665 g/mol. The predicted octanol–water partition coefficient (Wildman–Crippen LogP) is 5.52. The Labute approximate surface area is 275 Å². The highest BCUT2D eigenvalue weighted by Gasteiger charge is 2.44. The number of allylic oxidation sites excluding steroid dienone is 1. The molecule has 4 aliphatic rings. The van der Waals surface area contributed by atoms with Gasteiger partial charge in [-0.25, -0.2) is 18.1 Å². The Hall–Kier alpha value is -3.34. The lowest BCUT2D eigenvalue weighted by molar-refractivity contribution is 0.0456. The molecule has 1 fully saturated rings. The third-order valence-electron chi connectivity index (χ3n) is 10.4. The quantitative estimate of drug-likeness (QED) is 0.344. The Morgan fingerprint density at radius 1 is 1.17 bits per heavy atom. The molecule has 1 saturated carbocycles. The number of nitrogens with zero attached hydrogens (tertiary/aromatic N) is 2. The molecular weight excluding hydrogens is 626 g/mol. The van der Waals surface area contributed by atoms with Crippen molar-refractivity contribution in [2.45, 2.75) is 75.1 Å². The molecule has 11 heteroatoms. The highest BCUT2D eigenvalue weighted by atomic mass is 35.5. The first-order valence-corrected chi connectivity index (χ1v) is 18.2. The SMILES string of the molecule is Cc1ncc(C[C@H]2CC/C=C/[C@H](O)[C@@H]3CC[C@H]3CN3C[C@@]4(CCCc5cc(Cl)ccc54)COc4ccc(cc43)C(=O)NS2(=O)=O)o1. The Morgan fingerprint density at radius 2 is 2.04 bits per heavy atom. The number of halogens is 1. The Balaban J connectivity index is 1.26. The second kappa shape index (κ2) is 12.4. The highest BCUT2D eigenvalue weighted by molar-refractivity contribution is 7.90. The van der Waals surface area contributed by atoms with Gasteiger partial charge < -0.3 is 19.2 Å². The number of hydrogen-bond acceptors (Lipinski definition) is 8. The van der Waals surface area contributed by atoms with Crippen LogP contribution in [0.25, 0.3) is 0 Å². The van der Waals surface area contributed by atoms with Gasteiger partial charge in [-0.3, -0.25) is 4.79 Å². The van der Waals surface area contributed by atoms with Crippen molar-refractivity contribution in [3.63, 3.8) is 0 Å². The molecule has 2 N–H and O–H groups in total. The Kier molecular flexibility index (Phi) is 8.40. The highest BCUT2D eigenvalue weighted by Crippen LogP contribution is 2.46.